The lowest BCUT2D eigenvalue weighted by Crippen LogP contribution is -2.30. The summed E-state index contributed by atoms with van der Waals surface area (Å²) in [6.45, 7) is 6.57. The van der Waals surface area contributed by atoms with E-state index in [0.29, 0.717) is 47.5 Å². The molecule has 7 heteroatoms. The summed E-state index contributed by atoms with van der Waals surface area (Å²) in [7, 11) is 1.50. The van der Waals surface area contributed by atoms with Crippen LogP contribution in [0.4, 0.5) is 4.39 Å². The third-order valence-corrected chi connectivity index (χ3v) is 6.24. The molecule has 2 amide bonds. The Balaban J connectivity index is 1.69. The fourth-order valence-corrected chi connectivity index (χ4v) is 4.51. The molecule has 1 saturated heterocycles. The van der Waals surface area contributed by atoms with Gasteiger partial charge in [0, 0.05) is 36.1 Å². The number of hydrogen-bond acceptors (Lipinski definition) is 4. The van der Waals surface area contributed by atoms with Crippen molar-refractivity contribution in [3.8, 4) is 5.75 Å². The van der Waals surface area contributed by atoms with Crippen LogP contribution in [0, 0.1) is 11.8 Å². The maximum atomic E-state index is 13.9. The summed E-state index contributed by atoms with van der Waals surface area (Å²) < 4.78 is 25.1. The third-order valence-electron chi connectivity index (χ3n) is 6.24. The minimum atomic E-state index is -0.806. The monoisotopic (exact) mass is 426 g/mol. The predicted octanol–water partition coefficient (Wildman–Crippen LogP) is 2.92. The molecule has 0 radical (unpaired) electrons. The molecular formula is C24H27FN2O4. The average Bonchev–Trinajstić information content (AvgIpc) is 3.13. The van der Waals surface area contributed by atoms with Crippen LogP contribution in [0.3, 0.4) is 0 Å². The minimum absolute atomic E-state index is 0.0994. The summed E-state index contributed by atoms with van der Waals surface area (Å²) in [4.78, 5) is 25.5. The number of ether oxygens (including phenoxy) is 2. The number of alkyl halides is 1. The van der Waals surface area contributed by atoms with E-state index in [0.717, 1.165) is 0 Å². The number of rotatable bonds is 7. The van der Waals surface area contributed by atoms with Gasteiger partial charge >= 0.3 is 0 Å². The van der Waals surface area contributed by atoms with Crippen molar-refractivity contribution in [2.24, 2.45) is 11.8 Å². The van der Waals surface area contributed by atoms with Gasteiger partial charge in [-0.3, -0.25) is 9.59 Å². The van der Waals surface area contributed by atoms with Crippen LogP contribution in [-0.4, -0.2) is 50.9 Å². The van der Waals surface area contributed by atoms with Crippen LogP contribution >= 0.6 is 0 Å². The van der Waals surface area contributed by atoms with Crippen molar-refractivity contribution in [3.05, 3.63) is 65.3 Å². The van der Waals surface area contributed by atoms with Crippen molar-refractivity contribution >= 4 is 11.8 Å². The van der Waals surface area contributed by atoms with Crippen molar-refractivity contribution in [1.29, 1.82) is 0 Å². The van der Waals surface area contributed by atoms with Crippen LogP contribution in [-0.2, 0) is 4.74 Å². The van der Waals surface area contributed by atoms with Crippen molar-refractivity contribution < 1.29 is 23.5 Å². The molecule has 5 atom stereocenters. The summed E-state index contributed by atoms with van der Waals surface area (Å²) in [6.07, 6.45) is 6.53. The number of amides is 2. The topological polar surface area (TPSA) is 76.7 Å². The fourth-order valence-electron chi connectivity index (χ4n) is 4.51. The Bertz CT molecular complexity index is 961. The lowest BCUT2D eigenvalue weighted by Gasteiger charge is -2.16. The molecule has 6 nitrogen and oxygen atoms in total. The number of carbonyl (C=O) groups is 2. The molecular weight excluding hydrogens is 399 g/mol. The molecule has 1 aliphatic carbocycles. The first-order chi connectivity index (χ1) is 15.0. The molecule has 1 aromatic rings. The Morgan fingerprint density at radius 2 is 1.97 bits per heavy atom. The molecule has 0 spiro atoms. The largest absolute Gasteiger partial charge is 0.486 e. The highest BCUT2D eigenvalue weighted by Crippen LogP contribution is 2.46. The van der Waals surface area contributed by atoms with E-state index in [1.54, 1.807) is 12.1 Å². The molecule has 31 heavy (non-hydrogen) atoms. The molecule has 0 aromatic heterocycles. The molecule has 1 saturated carbocycles. The van der Waals surface area contributed by atoms with Crippen LogP contribution in [0.2, 0.25) is 0 Å². The highest BCUT2D eigenvalue weighted by Gasteiger charge is 2.54. The van der Waals surface area contributed by atoms with Crippen molar-refractivity contribution in [3.63, 3.8) is 0 Å². The van der Waals surface area contributed by atoms with Crippen LogP contribution in [0.25, 0.3) is 0 Å². The van der Waals surface area contributed by atoms with E-state index in [-0.39, 0.29) is 17.5 Å². The highest BCUT2D eigenvalue weighted by molar-refractivity contribution is 6.02. The van der Waals surface area contributed by atoms with Gasteiger partial charge in [-0.25, -0.2) is 4.39 Å². The van der Waals surface area contributed by atoms with Crippen molar-refractivity contribution in [2.75, 3.05) is 26.9 Å². The molecule has 2 aliphatic heterocycles. The molecule has 2 fully saturated rings. The zero-order chi connectivity index (χ0) is 22.1. The Kier molecular flexibility index (Phi) is 5.96. The maximum Gasteiger partial charge on any atom is 0.254 e. The number of hydrogen-bond donors (Lipinski definition) is 2. The zero-order valence-corrected chi connectivity index (χ0v) is 17.7. The van der Waals surface area contributed by atoms with Gasteiger partial charge in [0.25, 0.3) is 11.8 Å². The standard InChI is InChI=1S/C24H27FN2O4/c1-4-5-6-7-13(2)20-15-8-14(23(28)27-21-17-11-30-12-18(17)21)9-16(24(29)26-3)22(15)31-19(20)10-25/h4-9,17-21H,2,10-12H2,1,3H3,(H,26,29)(H,27,28)/b5-4-,7-6-/t17-,18+,19-,20+,21+/m0/s1. The van der Waals surface area contributed by atoms with E-state index < -0.39 is 24.6 Å². The molecule has 3 aliphatic rings. The normalized spacial score (nSPS) is 28.3. The molecule has 2 heterocycles. The second-order valence-electron chi connectivity index (χ2n) is 8.13. The minimum Gasteiger partial charge on any atom is -0.486 e. The quantitative estimate of drug-likeness (QED) is 0.658. The van der Waals surface area contributed by atoms with Gasteiger partial charge in [0.1, 0.15) is 18.5 Å². The van der Waals surface area contributed by atoms with E-state index >= 15 is 0 Å². The van der Waals surface area contributed by atoms with Gasteiger partial charge in [-0.1, -0.05) is 30.9 Å². The summed E-state index contributed by atoms with van der Waals surface area (Å²) in [5.74, 6) is -0.117. The second-order valence-corrected chi connectivity index (χ2v) is 8.13. The number of fused-ring (bicyclic) bond motifs is 2. The van der Waals surface area contributed by atoms with E-state index in [1.165, 1.54) is 13.1 Å². The molecule has 2 N–H and O–H groups in total. The predicted molar refractivity (Wildman–Crippen MR) is 115 cm³/mol. The molecule has 0 bridgehead atoms. The van der Waals surface area contributed by atoms with Gasteiger partial charge < -0.3 is 20.1 Å². The summed E-state index contributed by atoms with van der Waals surface area (Å²) in [5.41, 5.74) is 1.81. The lowest BCUT2D eigenvalue weighted by atomic mass is 9.86. The molecule has 0 unspecified atom stereocenters. The van der Waals surface area contributed by atoms with Gasteiger partial charge in [0.05, 0.1) is 24.7 Å². The number of nitrogens with one attached hydrogen (secondary N) is 2. The second kappa shape index (κ2) is 8.67. The maximum absolute atomic E-state index is 13.9. The van der Waals surface area contributed by atoms with Crippen LogP contribution in [0.15, 0.2) is 48.6 Å². The highest BCUT2D eigenvalue weighted by atomic mass is 19.1. The van der Waals surface area contributed by atoms with Gasteiger partial charge in [-0.2, -0.15) is 0 Å². The van der Waals surface area contributed by atoms with E-state index in [2.05, 4.69) is 17.2 Å². The van der Waals surface area contributed by atoms with Crippen LogP contribution in [0.1, 0.15) is 39.1 Å². The first kappa shape index (κ1) is 21.3. The van der Waals surface area contributed by atoms with E-state index in [1.807, 2.05) is 25.2 Å². The van der Waals surface area contributed by atoms with Crippen molar-refractivity contribution in [2.45, 2.75) is 25.0 Å². The van der Waals surface area contributed by atoms with Gasteiger partial charge in [-0.05, 0) is 24.6 Å². The Labute approximate surface area is 181 Å². The fraction of sp³-hybridized carbons (Fsp3) is 0.417. The average molecular weight is 426 g/mol. The zero-order valence-electron chi connectivity index (χ0n) is 17.7. The smallest absolute Gasteiger partial charge is 0.254 e. The lowest BCUT2D eigenvalue weighted by molar-refractivity contribution is 0.0929. The Hall–Kier alpha value is -2.93. The van der Waals surface area contributed by atoms with Crippen LogP contribution < -0.4 is 15.4 Å². The SMILES string of the molecule is C=C(/C=C\C=C/C)[C@@H]1c2cc(C(=O)N[C@H]3[C@@H]4COC[C@@H]43)cc(C(=O)NC)c2O[C@H]1CF. The van der Waals surface area contributed by atoms with Gasteiger partial charge in [0.2, 0.25) is 0 Å². The van der Waals surface area contributed by atoms with Crippen LogP contribution in [0.5, 0.6) is 5.75 Å². The summed E-state index contributed by atoms with van der Waals surface area (Å²) >= 11 is 0. The Morgan fingerprint density at radius 3 is 2.61 bits per heavy atom. The third kappa shape index (κ3) is 3.90. The number of halogens is 1. The van der Waals surface area contributed by atoms with Crippen molar-refractivity contribution in [1.82, 2.24) is 10.6 Å². The molecule has 4 rings (SSSR count). The summed E-state index contributed by atoms with van der Waals surface area (Å²) in [6, 6.07) is 3.31. The first-order valence-corrected chi connectivity index (χ1v) is 10.5. The molecule has 164 valence electrons. The first-order valence-electron chi connectivity index (χ1n) is 10.5. The Morgan fingerprint density at radius 1 is 1.23 bits per heavy atom. The van der Waals surface area contributed by atoms with E-state index in [9.17, 15) is 14.0 Å². The van der Waals surface area contributed by atoms with E-state index in [4.69, 9.17) is 9.47 Å². The number of allylic oxidation sites excluding steroid dienone is 4. The number of benzene rings is 1. The number of carbonyl (C=O) groups excluding carboxylic acids is 2. The summed E-state index contributed by atoms with van der Waals surface area (Å²) in [5, 5.41) is 5.62. The van der Waals surface area contributed by atoms with Gasteiger partial charge in [0.15, 0.2) is 0 Å². The van der Waals surface area contributed by atoms with Gasteiger partial charge in [-0.15, -0.1) is 0 Å². The molecule has 1 aromatic carbocycles.